The Morgan fingerprint density at radius 2 is 1.07 bits per heavy atom. The van der Waals surface area contributed by atoms with Crippen LogP contribution in [0.5, 0.6) is 0 Å². The van der Waals surface area contributed by atoms with Gasteiger partial charge in [0.2, 0.25) is 0 Å². The number of hydrogen-bond donors (Lipinski definition) is 0. The van der Waals surface area contributed by atoms with Crippen molar-refractivity contribution < 1.29 is 0 Å². The highest BCUT2D eigenvalue weighted by Gasteiger charge is 2.30. The Morgan fingerprint density at radius 3 is 1.47 bits per heavy atom. The van der Waals surface area contributed by atoms with E-state index in [1.54, 1.807) is 0 Å². The monoisotopic (exact) mass is 354 g/mol. The molecule has 0 aromatic rings. The van der Waals surface area contributed by atoms with Crippen molar-refractivity contribution in [1.82, 2.24) is 0 Å². The van der Waals surface area contributed by atoms with Gasteiger partial charge in [-0.3, -0.25) is 0 Å². The average molecular weight is 356 g/mol. The highest BCUT2D eigenvalue weighted by Crippen LogP contribution is 2.41. The molecule has 2 fully saturated rings. The first-order valence-electron chi connectivity index (χ1n) is 6.21. The van der Waals surface area contributed by atoms with E-state index in [9.17, 15) is 0 Å². The molecule has 0 heterocycles. The zero-order valence-corrected chi connectivity index (χ0v) is 13.1. The first-order valence-corrected chi connectivity index (χ1v) is 8.98. The molecule has 0 aliphatic heterocycles. The van der Waals surface area contributed by atoms with Crippen LogP contribution in [0.15, 0.2) is 0 Å². The summed E-state index contributed by atoms with van der Waals surface area (Å²) >= 11 is 9.99. The van der Waals surface area contributed by atoms with Gasteiger partial charge in [-0.15, -0.1) is 0 Å². The van der Waals surface area contributed by atoms with E-state index >= 15 is 0 Å². The van der Waals surface area contributed by atoms with Gasteiger partial charge in [0.25, 0.3) is 0 Å². The normalized spacial score (nSPS) is 42.8. The van der Waals surface area contributed by atoms with E-state index < -0.39 is 0 Å². The quantitative estimate of drug-likeness (QED) is 0.618. The Kier molecular flexibility index (Phi) is 5.36. The van der Waals surface area contributed by atoms with Gasteiger partial charge in [0.15, 0.2) is 0 Å². The van der Waals surface area contributed by atoms with E-state index in [-0.39, 0.29) is 0 Å². The predicted molar refractivity (Wildman–Crippen MR) is 77.5 cm³/mol. The number of thioether (sulfide) groups is 1. The van der Waals surface area contributed by atoms with E-state index in [0.29, 0.717) is 0 Å². The second kappa shape index (κ2) is 6.30. The standard InChI is InChI=1S/C12H20Br2S/c13-9-5-1-3-7-11(9)15-12-8-4-2-6-10(12)14/h9-12H,1-8H2. The summed E-state index contributed by atoms with van der Waals surface area (Å²) < 4.78 is 0. The summed E-state index contributed by atoms with van der Waals surface area (Å²) in [5, 5.41) is 1.75. The van der Waals surface area contributed by atoms with Gasteiger partial charge in [-0.2, -0.15) is 11.8 Å². The molecular formula is C12H20Br2S. The summed E-state index contributed by atoms with van der Waals surface area (Å²) in [6, 6.07) is 0. The molecule has 2 saturated carbocycles. The lowest BCUT2D eigenvalue weighted by Crippen LogP contribution is -2.29. The van der Waals surface area contributed by atoms with Crippen LogP contribution in [0.25, 0.3) is 0 Å². The molecule has 4 unspecified atom stereocenters. The van der Waals surface area contributed by atoms with Gasteiger partial charge in [0, 0.05) is 20.2 Å². The smallest absolute Gasteiger partial charge is 0.0264 e. The van der Waals surface area contributed by atoms with E-state index in [0.717, 1.165) is 20.2 Å². The average Bonchev–Trinajstić information content (AvgIpc) is 2.24. The van der Waals surface area contributed by atoms with Gasteiger partial charge in [0.1, 0.15) is 0 Å². The van der Waals surface area contributed by atoms with Crippen LogP contribution in [0, 0.1) is 0 Å². The molecule has 15 heavy (non-hydrogen) atoms. The van der Waals surface area contributed by atoms with Crippen LogP contribution in [0.3, 0.4) is 0 Å². The Labute approximate surface area is 115 Å². The van der Waals surface area contributed by atoms with Crippen LogP contribution in [-0.2, 0) is 0 Å². The molecule has 2 aliphatic rings. The molecule has 2 rings (SSSR count). The summed E-state index contributed by atoms with van der Waals surface area (Å²) in [4.78, 5) is 1.55. The second-order valence-corrected chi connectivity index (χ2v) is 8.65. The van der Waals surface area contributed by atoms with Crippen LogP contribution in [-0.4, -0.2) is 20.2 Å². The molecule has 0 radical (unpaired) electrons. The van der Waals surface area contributed by atoms with Crippen LogP contribution in [0.2, 0.25) is 0 Å². The van der Waals surface area contributed by atoms with Crippen molar-refractivity contribution in [1.29, 1.82) is 0 Å². The zero-order valence-electron chi connectivity index (χ0n) is 9.13. The highest BCUT2D eigenvalue weighted by atomic mass is 79.9. The SMILES string of the molecule is BrC1CCCCC1SC1CCCCC1Br. The summed E-state index contributed by atoms with van der Waals surface area (Å²) in [6.45, 7) is 0. The molecule has 0 bridgehead atoms. The van der Waals surface area contributed by atoms with Crippen LogP contribution in [0.1, 0.15) is 51.4 Å². The maximum absolute atomic E-state index is 3.87. The van der Waals surface area contributed by atoms with Gasteiger partial charge in [-0.25, -0.2) is 0 Å². The summed E-state index contributed by atoms with van der Waals surface area (Å²) in [7, 11) is 0. The van der Waals surface area contributed by atoms with Crippen molar-refractivity contribution in [2.24, 2.45) is 0 Å². The van der Waals surface area contributed by atoms with Crippen molar-refractivity contribution in [3.8, 4) is 0 Å². The Morgan fingerprint density at radius 1 is 0.667 bits per heavy atom. The van der Waals surface area contributed by atoms with Gasteiger partial charge in [-0.05, 0) is 25.7 Å². The molecule has 3 heteroatoms. The first kappa shape index (κ1) is 12.8. The zero-order chi connectivity index (χ0) is 10.7. The van der Waals surface area contributed by atoms with Gasteiger partial charge >= 0.3 is 0 Å². The minimum absolute atomic E-state index is 0.776. The lowest BCUT2D eigenvalue weighted by Gasteiger charge is -2.34. The van der Waals surface area contributed by atoms with E-state index in [1.165, 1.54) is 51.4 Å². The van der Waals surface area contributed by atoms with Crippen LogP contribution < -0.4 is 0 Å². The molecular weight excluding hydrogens is 336 g/mol. The van der Waals surface area contributed by atoms with Crippen LogP contribution in [0.4, 0.5) is 0 Å². The minimum Gasteiger partial charge on any atom is -0.153 e. The third kappa shape index (κ3) is 3.64. The van der Waals surface area contributed by atoms with Crippen molar-refractivity contribution in [2.75, 3.05) is 0 Å². The Bertz CT molecular complexity index is 178. The predicted octanol–water partition coefficient (Wildman–Crippen LogP) is 5.13. The Balaban J connectivity index is 1.83. The lowest BCUT2D eigenvalue weighted by molar-refractivity contribution is 0.512. The lowest BCUT2D eigenvalue weighted by atomic mass is 9.99. The van der Waals surface area contributed by atoms with Crippen molar-refractivity contribution in [3.63, 3.8) is 0 Å². The van der Waals surface area contributed by atoms with Crippen molar-refractivity contribution in [3.05, 3.63) is 0 Å². The van der Waals surface area contributed by atoms with Gasteiger partial charge in [0.05, 0.1) is 0 Å². The van der Waals surface area contributed by atoms with Gasteiger partial charge in [-0.1, -0.05) is 57.5 Å². The molecule has 0 saturated heterocycles. The second-order valence-electron chi connectivity index (χ2n) is 4.81. The van der Waals surface area contributed by atoms with Crippen LogP contribution >= 0.6 is 43.6 Å². The maximum atomic E-state index is 3.87. The maximum Gasteiger partial charge on any atom is 0.0264 e. The van der Waals surface area contributed by atoms with Gasteiger partial charge < -0.3 is 0 Å². The fourth-order valence-electron chi connectivity index (χ4n) is 2.63. The highest BCUT2D eigenvalue weighted by molar-refractivity contribution is 9.10. The number of halogens is 2. The molecule has 0 N–H and O–H groups in total. The third-order valence-electron chi connectivity index (χ3n) is 3.59. The largest absolute Gasteiger partial charge is 0.153 e. The van der Waals surface area contributed by atoms with E-state index in [4.69, 9.17) is 0 Å². The summed E-state index contributed by atoms with van der Waals surface area (Å²) in [5.41, 5.74) is 0. The number of rotatable bonds is 2. The molecule has 0 aromatic carbocycles. The summed E-state index contributed by atoms with van der Waals surface area (Å²) in [6.07, 6.45) is 11.4. The van der Waals surface area contributed by atoms with Crippen molar-refractivity contribution >= 4 is 43.6 Å². The van der Waals surface area contributed by atoms with E-state index in [2.05, 4.69) is 43.6 Å². The fraction of sp³-hybridized carbons (Fsp3) is 1.00. The Hall–Kier alpha value is 1.31. The molecule has 0 spiro atoms. The molecule has 88 valence electrons. The number of alkyl halides is 2. The fourth-order valence-corrected chi connectivity index (χ4v) is 6.23. The number of hydrogen-bond acceptors (Lipinski definition) is 1. The molecule has 0 amide bonds. The first-order chi connectivity index (χ1) is 7.27. The molecule has 0 aromatic heterocycles. The third-order valence-corrected chi connectivity index (χ3v) is 8.31. The molecule has 2 aliphatic carbocycles. The summed E-state index contributed by atoms with van der Waals surface area (Å²) in [5.74, 6) is 0. The molecule has 0 nitrogen and oxygen atoms in total. The van der Waals surface area contributed by atoms with E-state index in [1.807, 2.05) is 0 Å². The molecule has 4 atom stereocenters. The van der Waals surface area contributed by atoms with Crippen molar-refractivity contribution in [2.45, 2.75) is 71.5 Å². The minimum atomic E-state index is 0.776. The topological polar surface area (TPSA) is 0 Å².